The van der Waals surface area contributed by atoms with Crippen LogP contribution in [0.3, 0.4) is 0 Å². The molecule has 1 aliphatic heterocycles. The lowest BCUT2D eigenvalue weighted by molar-refractivity contribution is -0.134. The van der Waals surface area contributed by atoms with Gasteiger partial charge in [-0.25, -0.2) is 0 Å². The Hall–Kier alpha value is -2.89. The van der Waals surface area contributed by atoms with E-state index in [9.17, 15) is 9.59 Å². The Balaban J connectivity index is 1.39. The van der Waals surface area contributed by atoms with Gasteiger partial charge in [-0.1, -0.05) is 24.6 Å². The standard InChI is InChI=1S/C24H26N2O4/c1-2-14-3-4-15(14)11-12-29-17-6-7-18-16(13-17)5-9-20-22(18)23(26-30-20)19-8-10-21(27)25-24(19)28/h5-7,9,13-15,19H,2-4,8,10-12H2,1H3,(H,25,27,28). The number of rotatable bonds is 6. The topological polar surface area (TPSA) is 81.4 Å². The largest absolute Gasteiger partial charge is 0.494 e. The van der Waals surface area contributed by atoms with Gasteiger partial charge >= 0.3 is 0 Å². The van der Waals surface area contributed by atoms with Crippen molar-refractivity contribution >= 4 is 33.6 Å². The molecule has 2 aromatic carbocycles. The first kappa shape index (κ1) is 19.1. The van der Waals surface area contributed by atoms with Crippen LogP contribution >= 0.6 is 0 Å². The van der Waals surface area contributed by atoms with Crippen LogP contribution in [0.15, 0.2) is 34.9 Å². The molecule has 156 valence electrons. The number of carbonyl (C=O) groups excluding carboxylic acids is 2. The van der Waals surface area contributed by atoms with Crippen molar-refractivity contribution in [2.75, 3.05) is 6.61 Å². The van der Waals surface area contributed by atoms with Gasteiger partial charge in [-0.05, 0) is 72.6 Å². The van der Waals surface area contributed by atoms with Crippen molar-refractivity contribution in [2.24, 2.45) is 11.8 Å². The van der Waals surface area contributed by atoms with Gasteiger partial charge in [0, 0.05) is 6.42 Å². The van der Waals surface area contributed by atoms with Crippen molar-refractivity contribution in [2.45, 2.75) is 51.4 Å². The number of ether oxygens (including phenoxy) is 1. The summed E-state index contributed by atoms with van der Waals surface area (Å²) in [5.41, 5.74) is 1.25. The maximum Gasteiger partial charge on any atom is 0.235 e. The first-order valence-corrected chi connectivity index (χ1v) is 10.9. The first-order valence-electron chi connectivity index (χ1n) is 10.9. The highest BCUT2D eigenvalue weighted by molar-refractivity contribution is 6.10. The summed E-state index contributed by atoms with van der Waals surface area (Å²) in [5, 5.41) is 9.44. The van der Waals surface area contributed by atoms with Crippen molar-refractivity contribution < 1.29 is 18.8 Å². The molecule has 2 aliphatic rings. The van der Waals surface area contributed by atoms with Crippen LogP contribution < -0.4 is 10.1 Å². The number of carbonyl (C=O) groups is 2. The van der Waals surface area contributed by atoms with Crippen LogP contribution in [0.2, 0.25) is 0 Å². The number of piperidine rings is 1. The predicted molar refractivity (Wildman–Crippen MR) is 113 cm³/mol. The zero-order valence-corrected chi connectivity index (χ0v) is 17.1. The molecule has 1 aromatic heterocycles. The zero-order chi connectivity index (χ0) is 20.7. The van der Waals surface area contributed by atoms with E-state index in [1.807, 2.05) is 30.3 Å². The molecular formula is C24H26N2O4. The summed E-state index contributed by atoms with van der Waals surface area (Å²) in [6, 6.07) is 9.89. The van der Waals surface area contributed by atoms with Crippen LogP contribution in [-0.4, -0.2) is 23.6 Å². The molecule has 0 spiro atoms. The summed E-state index contributed by atoms with van der Waals surface area (Å²) in [5.74, 6) is 1.52. The Morgan fingerprint density at radius 1 is 1.13 bits per heavy atom. The molecule has 2 amide bonds. The van der Waals surface area contributed by atoms with E-state index in [0.29, 0.717) is 24.1 Å². The van der Waals surface area contributed by atoms with E-state index >= 15 is 0 Å². The lowest BCUT2D eigenvalue weighted by Gasteiger charge is -2.36. The molecule has 0 bridgehead atoms. The fourth-order valence-electron chi connectivity index (χ4n) is 4.94. The zero-order valence-electron chi connectivity index (χ0n) is 17.1. The van der Waals surface area contributed by atoms with Crippen LogP contribution in [-0.2, 0) is 9.59 Å². The number of nitrogens with one attached hydrogen (secondary N) is 1. The minimum absolute atomic E-state index is 0.233. The molecule has 3 aromatic rings. The molecule has 2 fully saturated rings. The third kappa shape index (κ3) is 3.34. The highest BCUT2D eigenvalue weighted by Gasteiger charge is 2.32. The monoisotopic (exact) mass is 406 g/mol. The van der Waals surface area contributed by atoms with Crippen LogP contribution in [0, 0.1) is 11.8 Å². The van der Waals surface area contributed by atoms with E-state index in [1.54, 1.807) is 0 Å². The normalized spacial score (nSPS) is 24.1. The van der Waals surface area contributed by atoms with Crippen LogP contribution in [0.4, 0.5) is 0 Å². The Morgan fingerprint density at radius 3 is 2.77 bits per heavy atom. The second-order valence-electron chi connectivity index (χ2n) is 8.54. The van der Waals surface area contributed by atoms with Gasteiger partial charge in [-0.15, -0.1) is 0 Å². The minimum atomic E-state index is -0.473. The molecule has 0 radical (unpaired) electrons. The van der Waals surface area contributed by atoms with Crippen molar-refractivity contribution in [3.8, 4) is 5.75 Å². The Bertz CT molecular complexity index is 1120. The highest BCUT2D eigenvalue weighted by Crippen LogP contribution is 2.39. The van der Waals surface area contributed by atoms with Crippen molar-refractivity contribution in [1.82, 2.24) is 10.5 Å². The van der Waals surface area contributed by atoms with Gasteiger partial charge in [0.05, 0.1) is 17.9 Å². The second-order valence-corrected chi connectivity index (χ2v) is 8.54. The predicted octanol–water partition coefficient (Wildman–Crippen LogP) is 4.71. The van der Waals surface area contributed by atoms with E-state index in [1.165, 1.54) is 19.3 Å². The number of imide groups is 1. The number of nitrogens with zero attached hydrogens (tertiary/aromatic N) is 1. The molecule has 3 atom stereocenters. The molecule has 1 N–H and O–H groups in total. The molecule has 30 heavy (non-hydrogen) atoms. The Kier molecular flexibility index (Phi) is 4.93. The van der Waals surface area contributed by atoms with Crippen molar-refractivity contribution in [3.05, 3.63) is 36.0 Å². The molecule has 6 heteroatoms. The van der Waals surface area contributed by atoms with Gasteiger partial charge in [0.25, 0.3) is 0 Å². The number of hydrogen-bond acceptors (Lipinski definition) is 5. The maximum absolute atomic E-state index is 12.4. The molecule has 1 saturated heterocycles. The molecule has 2 heterocycles. The van der Waals surface area contributed by atoms with Crippen molar-refractivity contribution in [1.29, 1.82) is 0 Å². The molecule has 3 unspecified atom stereocenters. The van der Waals surface area contributed by atoms with Crippen LogP contribution in [0.1, 0.15) is 57.1 Å². The number of benzene rings is 2. The highest BCUT2D eigenvalue weighted by atomic mass is 16.5. The average Bonchev–Trinajstić information content (AvgIpc) is 3.15. The van der Waals surface area contributed by atoms with Gasteiger partial charge in [0.1, 0.15) is 11.4 Å². The summed E-state index contributed by atoms with van der Waals surface area (Å²) < 4.78 is 11.5. The number of fused-ring (bicyclic) bond motifs is 3. The third-order valence-corrected chi connectivity index (χ3v) is 6.88. The van der Waals surface area contributed by atoms with E-state index in [4.69, 9.17) is 9.26 Å². The SMILES string of the molecule is CCC1CCC1CCOc1ccc2c(ccc3onc(C4CCC(=O)NC4=O)c32)c1. The molecule has 1 aliphatic carbocycles. The average molecular weight is 406 g/mol. The van der Waals surface area contributed by atoms with Crippen LogP contribution in [0.25, 0.3) is 21.7 Å². The summed E-state index contributed by atoms with van der Waals surface area (Å²) in [4.78, 5) is 23.8. The summed E-state index contributed by atoms with van der Waals surface area (Å²) in [6.07, 6.45) is 5.83. The van der Waals surface area contributed by atoms with Gasteiger partial charge < -0.3 is 9.26 Å². The third-order valence-electron chi connectivity index (χ3n) is 6.88. The van der Waals surface area contributed by atoms with E-state index in [0.717, 1.165) is 46.8 Å². The van der Waals surface area contributed by atoms with E-state index in [2.05, 4.69) is 17.4 Å². The lowest BCUT2D eigenvalue weighted by Crippen LogP contribution is -2.39. The van der Waals surface area contributed by atoms with Crippen molar-refractivity contribution in [3.63, 3.8) is 0 Å². The second kappa shape index (κ2) is 7.74. The van der Waals surface area contributed by atoms with Gasteiger partial charge in [0.15, 0.2) is 5.58 Å². The van der Waals surface area contributed by atoms with Gasteiger partial charge in [0.2, 0.25) is 11.8 Å². The quantitative estimate of drug-likeness (QED) is 0.600. The summed E-state index contributed by atoms with van der Waals surface area (Å²) in [6.45, 7) is 3.01. The maximum atomic E-state index is 12.4. The number of hydrogen-bond donors (Lipinski definition) is 1. The molecule has 5 rings (SSSR count). The minimum Gasteiger partial charge on any atom is -0.494 e. The molecule has 1 saturated carbocycles. The summed E-state index contributed by atoms with van der Waals surface area (Å²) in [7, 11) is 0. The smallest absolute Gasteiger partial charge is 0.235 e. The fraction of sp³-hybridized carbons (Fsp3) is 0.458. The van der Waals surface area contributed by atoms with E-state index in [-0.39, 0.29) is 11.8 Å². The Morgan fingerprint density at radius 2 is 2.00 bits per heavy atom. The van der Waals surface area contributed by atoms with Gasteiger partial charge in [-0.3, -0.25) is 14.9 Å². The first-order chi connectivity index (χ1) is 14.6. The van der Waals surface area contributed by atoms with Crippen LogP contribution in [0.5, 0.6) is 5.75 Å². The van der Waals surface area contributed by atoms with Gasteiger partial charge in [-0.2, -0.15) is 0 Å². The van der Waals surface area contributed by atoms with E-state index < -0.39 is 5.92 Å². The fourth-order valence-corrected chi connectivity index (χ4v) is 4.94. The lowest BCUT2D eigenvalue weighted by atomic mass is 9.71. The number of amides is 2. The summed E-state index contributed by atoms with van der Waals surface area (Å²) >= 11 is 0. The molecular weight excluding hydrogens is 380 g/mol. The number of aromatic nitrogens is 1. The Labute approximate surface area is 174 Å². The molecule has 6 nitrogen and oxygen atoms in total.